The van der Waals surface area contributed by atoms with Crippen LogP contribution in [0, 0.1) is 5.82 Å². The van der Waals surface area contributed by atoms with Gasteiger partial charge in [0.15, 0.2) is 5.13 Å². The highest BCUT2D eigenvalue weighted by Crippen LogP contribution is 2.34. The Hall–Kier alpha value is -4.04. The fourth-order valence-corrected chi connectivity index (χ4v) is 4.63. The number of nitrogens with zero attached hydrogens (tertiary/aromatic N) is 2. The van der Waals surface area contributed by atoms with Gasteiger partial charge in [0.25, 0.3) is 5.91 Å². The maximum absolute atomic E-state index is 13.4. The first-order valence-corrected chi connectivity index (χ1v) is 12.9. The van der Waals surface area contributed by atoms with Crippen molar-refractivity contribution in [1.82, 2.24) is 10.3 Å². The van der Waals surface area contributed by atoms with Crippen LogP contribution < -0.4 is 10.2 Å². The number of thiazole rings is 1. The molecule has 8 heteroatoms. The molecule has 0 unspecified atom stereocenters. The van der Waals surface area contributed by atoms with Gasteiger partial charge < -0.3 is 15.3 Å². The van der Waals surface area contributed by atoms with Crippen LogP contribution >= 0.6 is 11.3 Å². The van der Waals surface area contributed by atoms with Crippen molar-refractivity contribution >= 4 is 34.0 Å². The van der Waals surface area contributed by atoms with Crippen molar-refractivity contribution < 1.29 is 19.1 Å². The maximum atomic E-state index is 13.4. The molecule has 4 aromatic rings. The van der Waals surface area contributed by atoms with Crippen molar-refractivity contribution in [3.8, 4) is 11.3 Å². The van der Waals surface area contributed by atoms with Crippen LogP contribution in [0.2, 0.25) is 0 Å². The molecule has 4 rings (SSSR count). The largest absolute Gasteiger partial charge is 0.481 e. The Morgan fingerprint density at radius 3 is 2.30 bits per heavy atom. The number of carbonyl (C=O) groups is 2. The van der Waals surface area contributed by atoms with Gasteiger partial charge in [0.1, 0.15) is 5.82 Å². The molecule has 0 bridgehead atoms. The first-order chi connectivity index (χ1) is 17.8. The van der Waals surface area contributed by atoms with Crippen molar-refractivity contribution in [1.29, 1.82) is 0 Å². The summed E-state index contributed by atoms with van der Waals surface area (Å²) in [7, 11) is 0. The number of halogens is 1. The number of benzene rings is 3. The second kappa shape index (κ2) is 11.8. The molecule has 0 atom stereocenters. The average molecular weight is 518 g/mol. The van der Waals surface area contributed by atoms with Crippen molar-refractivity contribution in [2.45, 2.75) is 32.7 Å². The molecule has 0 spiro atoms. The zero-order valence-electron chi connectivity index (χ0n) is 20.6. The van der Waals surface area contributed by atoms with E-state index in [1.165, 1.54) is 29.0 Å². The van der Waals surface area contributed by atoms with Crippen LogP contribution in [0.1, 0.15) is 47.7 Å². The lowest BCUT2D eigenvalue weighted by Gasteiger charge is -2.23. The van der Waals surface area contributed by atoms with E-state index in [1.807, 2.05) is 17.5 Å². The third-order valence-electron chi connectivity index (χ3n) is 5.92. The molecule has 37 heavy (non-hydrogen) atoms. The molecule has 6 nitrogen and oxygen atoms in total. The van der Waals surface area contributed by atoms with Crippen LogP contribution in [0.5, 0.6) is 0 Å². The van der Waals surface area contributed by atoms with E-state index in [0.717, 1.165) is 27.6 Å². The average Bonchev–Trinajstić information content (AvgIpc) is 3.38. The summed E-state index contributed by atoms with van der Waals surface area (Å²) in [4.78, 5) is 29.9. The lowest BCUT2D eigenvalue weighted by Crippen LogP contribution is -2.26. The molecule has 2 N–H and O–H groups in total. The van der Waals surface area contributed by atoms with Gasteiger partial charge in [-0.3, -0.25) is 9.59 Å². The minimum absolute atomic E-state index is 0.0799. The maximum Gasteiger partial charge on any atom is 0.305 e. The second-order valence-electron chi connectivity index (χ2n) is 8.95. The fourth-order valence-electron chi connectivity index (χ4n) is 3.78. The van der Waals surface area contributed by atoms with Crippen molar-refractivity contribution in [2.24, 2.45) is 0 Å². The monoisotopic (exact) mass is 517 g/mol. The van der Waals surface area contributed by atoms with Crippen LogP contribution in [0.25, 0.3) is 11.3 Å². The molecule has 1 heterocycles. The fraction of sp³-hybridized carbons (Fsp3) is 0.207. The number of rotatable bonds is 10. The Morgan fingerprint density at radius 1 is 1.00 bits per heavy atom. The lowest BCUT2D eigenvalue weighted by atomic mass is 10.0. The van der Waals surface area contributed by atoms with Crippen LogP contribution in [0.15, 0.2) is 78.2 Å². The summed E-state index contributed by atoms with van der Waals surface area (Å²) >= 11 is 1.51. The third-order valence-corrected chi connectivity index (χ3v) is 6.78. The van der Waals surface area contributed by atoms with Gasteiger partial charge >= 0.3 is 5.97 Å². The van der Waals surface area contributed by atoms with E-state index >= 15 is 0 Å². The molecule has 3 aromatic carbocycles. The molecule has 0 aliphatic rings. The van der Waals surface area contributed by atoms with Gasteiger partial charge in [-0.2, -0.15) is 0 Å². The summed E-state index contributed by atoms with van der Waals surface area (Å²) < 4.78 is 13.4. The molecule has 1 amide bonds. The van der Waals surface area contributed by atoms with Gasteiger partial charge in [-0.25, -0.2) is 9.37 Å². The highest BCUT2D eigenvalue weighted by Gasteiger charge is 2.16. The van der Waals surface area contributed by atoms with E-state index in [1.54, 1.807) is 24.3 Å². The number of aromatic nitrogens is 1. The number of hydrogen-bond acceptors (Lipinski definition) is 5. The van der Waals surface area contributed by atoms with Crippen molar-refractivity contribution in [2.75, 3.05) is 11.4 Å². The van der Waals surface area contributed by atoms with E-state index in [0.29, 0.717) is 18.0 Å². The molecule has 1 aromatic heterocycles. The number of carboxylic acids is 1. The number of carbonyl (C=O) groups excluding carboxylic acids is 1. The smallest absolute Gasteiger partial charge is 0.305 e. The Morgan fingerprint density at radius 2 is 1.68 bits per heavy atom. The van der Waals surface area contributed by atoms with E-state index < -0.39 is 5.97 Å². The molecular formula is C29H28FN3O3S. The second-order valence-corrected chi connectivity index (χ2v) is 9.79. The molecule has 0 aliphatic carbocycles. The highest BCUT2D eigenvalue weighted by atomic mass is 32.1. The Kier molecular flexibility index (Phi) is 8.30. The molecule has 0 saturated heterocycles. The van der Waals surface area contributed by atoms with E-state index in [9.17, 15) is 14.0 Å². The summed E-state index contributed by atoms with van der Waals surface area (Å²) in [6.45, 7) is 4.92. The van der Waals surface area contributed by atoms with Crippen LogP contribution in [0.3, 0.4) is 0 Å². The molecule has 0 aliphatic heterocycles. The minimum atomic E-state index is -0.957. The Labute approximate surface area is 219 Å². The molecule has 190 valence electrons. The van der Waals surface area contributed by atoms with Gasteiger partial charge in [0.2, 0.25) is 0 Å². The SMILES string of the molecule is CC(C)c1ccc(N(Cc2ccc(C(=O)NCCC(=O)O)cc2)c2nc(-c3ccc(F)cc3)cs2)cc1. The zero-order valence-corrected chi connectivity index (χ0v) is 21.5. The van der Waals surface area contributed by atoms with Crippen molar-refractivity contribution in [3.63, 3.8) is 0 Å². The topological polar surface area (TPSA) is 82.5 Å². The summed E-state index contributed by atoms with van der Waals surface area (Å²) in [5, 5.41) is 14.1. The summed E-state index contributed by atoms with van der Waals surface area (Å²) in [5.41, 5.74) is 5.30. The Balaban J connectivity index is 1.58. The molecular weight excluding hydrogens is 489 g/mol. The highest BCUT2D eigenvalue weighted by molar-refractivity contribution is 7.14. The number of carboxylic acid groups (broad SMARTS) is 1. The number of amides is 1. The van der Waals surface area contributed by atoms with Crippen LogP contribution in [-0.2, 0) is 11.3 Å². The van der Waals surface area contributed by atoms with Gasteiger partial charge in [-0.05, 0) is 65.6 Å². The van der Waals surface area contributed by atoms with Crippen molar-refractivity contribution in [3.05, 3.63) is 101 Å². The van der Waals surface area contributed by atoms with Gasteiger partial charge in [-0.1, -0.05) is 38.1 Å². The quantitative estimate of drug-likeness (QED) is 0.247. The predicted octanol–water partition coefficient (Wildman–Crippen LogP) is 6.62. The molecule has 0 radical (unpaired) electrons. The first-order valence-electron chi connectivity index (χ1n) is 12.0. The lowest BCUT2D eigenvalue weighted by molar-refractivity contribution is -0.136. The van der Waals surface area contributed by atoms with E-state index in [4.69, 9.17) is 10.1 Å². The summed E-state index contributed by atoms with van der Waals surface area (Å²) in [6, 6.07) is 21.9. The summed E-state index contributed by atoms with van der Waals surface area (Å²) in [5.74, 6) is -1.13. The standard InChI is InChI=1S/C29H28FN3O3S/c1-19(2)21-9-13-25(14-10-21)33(29-32-26(18-37-29)22-7-11-24(30)12-8-22)17-20-3-5-23(6-4-20)28(36)31-16-15-27(34)35/h3-14,18-19H,15-17H2,1-2H3,(H,31,36)(H,34,35). The number of hydrogen-bond donors (Lipinski definition) is 2. The van der Waals surface area contributed by atoms with Crippen LogP contribution in [-0.4, -0.2) is 28.5 Å². The predicted molar refractivity (Wildman–Crippen MR) is 145 cm³/mol. The zero-order chi connectivity index (χ0) is 26.4. The number of aliphatic carboxylic acids is 1. The third kappa shape index (κ3) is 6.80. The van der Waals surface area contributed by atoms with Crippen LogP contribution in [0.4, 0.5) is 15.2 Å². The van der Waals surface area contributed by atoms with E-state index in [2.05, 4.69) is 48.3 Å². The minimum Gasteiger partial charge on any atom is -0.481 e. The molecule has 0 fully saturated rings. The first kappa shape index (κ1) is 26.0. The van der Waals surface area contributed by atoms with Gasteiger partial charge in [0.05, 0.1) is 18.7 Å². The summed E-state index contributed by atoms with van der Waals surface area (Å²) in [6.07, 6.45) is -0.123. The number of anilines is 2. The Bertz CT molecular complexity index is 1350. The number of nitrogens with one attached hydrogen (secondary N) is 1. The van der Waals surface area contributed by atoms with E-state index in [-0.39, 0.29) is 24.7 Å². The molecule has 0 saturated carbocycles. The van der Waals surface area contributed by atoms with Gasteiger partial charge in [0, 0.05) is 28.7 Å². The normalized spacial score (nSPS) is 10.9. The van der Waals surface area contributed by atoms with Gasteiger partial charge in [-0.15, -0.1) is 11.3 Å².